The molecule has 18 heavy (non-hydrogen) atoms. The van der Waals surface area contributed by atoms with Crippen LogP contribution in [0.3, 0.4) is 0 Å². The summed E-state index contributed by atoms with van der Waals surface area (Å²) >= 11 is 1.80. The molecule has 5 heteroatoms. The third-order valence-corrected chi connectivity index (χ3v) is 8.37. The largest absolute Gasteiger partial charge is 0.392 e. The molecule has 0 bridgehead atoms. The molecule has 3 atom stereocenters. The number of amides is 1. The molecule has 1 rings (SSSR count). The van der Waals surface area contributed by atoms with E-state index in [2.05, 4.69) is 40.8 Å². The van der Waals surface area contributed by atoms with Gasteiger partial charge in [0.2, 0.25) is 5.91 Å². The molecule has 1 amide bonds. The molecule has 1 heterocycles. The van der Waals surface area contributed by atoms with Crippen LogP contribution in [-0.2, 0) is 4.79 Å². The highest BCUT2D eigenvalue weighted by Crippen LogP contribution is 2.58. The fourth-order valence-electron chi connectivity index (χ4n) is 2.99. The van der Waals surface area contributed by atoms with Crippen LogP contribution in [0, 0.1) is 0 Å². The topological polar surface area (TPSA) is 40.5 Å². The summed E-state index contributed by atoms with van der Waals surface area (Å²) in [6.07, 6.45) is -0.542. The van der Waals surface area contributed by atoms with Crippen molar-refractivity contribution in [3.63, 3.8) is 0 Å². The van der Waals surface area contributed by atoms with Crippen LogP contribution >= 0.6 is 11.8 Å². The van der Waals surface area contributed by atoms with Gasteiger partial charge in [0.05, 0.1) is 25.3 Å². The molecule has 1 aliphatic heterocycles. The number of nitrogens with zero attached hydrogens (tertiary/aromatic N) is 1. The molecule has 1 saturated heterocycles. The molecule has 0 aliphatic carbocycles. The predicted octanol–water partition coefficient (Wildman–Crippen LogP) is 2.31. The number of likely N-dealkylation sites (tertiary alicyclic amines) is 1. The van der Waals surface area contributed by atoms with Crippen molar-refractivity contribution in [2.75, 3.05) is 5.75 Å². The number of carbonyl (C=O) groups is 1. The second kappa shape index (κ2) is 5.17. The van der Waals surface area contributed by atoms with Crippen LogP contribution in [0.4, 0.5) is 0 Å². The monoisotopic (exact) mass is 289 g/mol. The maximum Gasteiger partial charge on any atom is 0.232 e. The highest BCUT2D eigenvalue weighted by molar-refractivity contribution is 8.00. The lowest BCUT2D eigenvalue weighted by molar-refractivity contribution is -0.162. The Kier molecular flexibility index (Phi) is 4.61. The van der Waals surface area contributed by atoms with Crippen molar-refractivity contribution in [3.8, 4) is 0 Å². The van der Waals surface area contributed by atoms with Gasteiger partial charge in [0.15, 0.2) is 0 Å². The van der Waals surface area contributed by atoms with Gasteiger partial charge < -0.3 is 10.0 Å². The lowest BCUT2D eigenvalue weighted by atomic mass is 9.86. The minimum Gasteiger partial charge on any atom is -0.392 e. The van der Waals surface area contributed by atoms with Crippen LogP contribution in [0.1, 0.15) is 34.6 Å². The molecule has 0 spiro atoms. The Balaban J connectivity index is 3.18. The molecule has 1 fully saturated rings. The van der Waals surface area contributed by atoms with E-state index < -0.39 is 19.9 Å². The summed E-state index contributed by atoms with van der Waals surface area (Å²) in [6.45, 7) is 14.5. The van der Waals surface area contributed by atoms with Crippen molar-refractivity contribution < 1.29 is 9.90 Å². The standard InChI is InChI=1S/C13H27NO2SSi/c1-8-17-11-13(9(2)15,18(6)7)10(16)14(11)12(3,4)5/h9,11,15,18H,8H2,1-7H3. The first-order valence-electron chi connectivity index (χ1n) is 6.75. The van der Waals surface area contributed by atoms with Gasteiger partial charge in [-0.1, -0.05) is 20.0 Å². The molecule has 3 nitrogen and oxygen atoms in total. The summed E-state index contributed by atoms with van der Waals surface area (Å²) in [6, 6.07) is 0. The molecule has 1 aliphatic rings. The average molecular weight is 290 g/mol. The third-order valence-electron chi connectivity index (χ3n) is 3.93. The van der Waals surface area contributed by atoms with Gasteiger partial charge in [-0.15, -0.1) is 11.8 Å². The van der Waals surface area contributed by atoms with Crippen LogP contribution in [0.5, 0.6) is 0 Å². The smallest absolute Gasteiger partial charge is 0.232 e. The SMILES string of the molecule is CCSC1N(C(C)(C)C)C(=O)C1(C(C)O)[SiH](C)C. The van der Waals surface area contributed by atoms with Gasteiger partial charge in [-0.2, -0.15) is 0 Å². The molecule has 0 aromatic heterocycles. The summed E-state index contributed by atoms with van der Waals surface area (Å²) in [7, 11) is -1.29. The van der Waals surface area contributed by atoms with Gasteiger partial charge in [0.1, 0.15) is 0 Å². The molecule has 106 valence electrons. The predicted molar refractivity (Wildman–Crippen MR) is 81.8 cm³/mol. The number of β-lactam (4-membered cyclic amide) rings is 1. The summed E-state index contributed by atoms with van der Waals surface area (Å²) < 4.78 is 0. The lowest BCUT2D eigenvalue weighted by Gasteiger charge is -2.63. The maximum atomic E-state index is 12.7. The summed E-state index contributed by atoms with van der Waals surface area (Å²) in [5, 5.41) is 9.88. The lowest BCUT2D eigenvalue weighted by Crippen LogP contribution is -2.75. The quantitative estimate of drug-likeness (QED) is 0.638. The van der Waals surface area contributed by atoms with Gasteiger partial charge >= 0.3 is 0 Å². The second-order valence-electron chi connectivity index (χ2n) is 6.42. The minimum atomic E-state index is -1.29. The number of thioether (sulfide) groups is 1. The third kappa shape index (κ3) is 2.14. The zero-order valence-electron chi connectivity index (χ0n) is 12.7. The summed E-state index contributed by atoms with van der Waals surface area (Å²) in [4.78, 5) is 14.7. The number of hydrogen-bond acceptors (Lipinski definition) is 3. The molecule has 1 N–H and O–H groups in total. The van der Waals surface area contributed by atoms with Gasteiger partial charge in [-0.05, 0) is 33.4 Å². The summed E-state index contributed by atoms with van der Waals surface area (Å²) in [5.74, 6) is 1.14. The Morgan fingerprint density at radius 2 is 2.00 bits per heavy atom. The molecule has 0 saturated carbocycles. The van der Waals surface area contributed by atoms with Crippen molar-refractivity contribution >= 4 is 26.5 Å². The van der Waals surface area contributed by atoms with E-state index in [0.717, 1.165) is 5.75 Å². The zero-order chi connectivity index (χ0) is 14.3. The first-order valence-corrected chi connectivity index (χ1v) is 10.7. The van der Waals surface area contributed by atoms with Crippen LogP contribution in [-0.4, -0.2) is 47.5 Å². The van der Waals surface area contributed by atoms with E-state index in [-0.39, 0.29) is 16.8 Å². The van der Waals surface area contributed by atoms with Gasteiger partial charge in [0, 0.05) is 5.54 Å². The first kappa shape index (κ1) is 16.1. The van der Waals surface area contributed by atoms with E-state index >= 15 is 0 Å². The number of aliphatic hydroxyl groups is 1. The fraction of sp³-hybridized carbons (Fsp3) is 0.923. The highest BCUT2D eigenvalue weighted by Gasteiger charge is 2.67. The van der Waals surface area contributed by atoms with Crippen LogP contribution < -0.4 is 0 Å². The van der Waals surface area contributed by atoms with Crippen molar-refractivity contribution in [1.82, 2.24) is 4.90 Å². The van der Waals surface area contributed by atoms with Crippen molar-refractivity contribution in [2.45, 2.75) is 69.8 Å². The zero-order valence-corrected chi connectivity index (χ0v) is 14.6. The number of aliphatic hydroxyl groups excluding tert-OH is 1. The minimum absolute atomic E-state index is 0.140. The Morgan fingerprint density at radius 1 is 1.50 bits per heavy atom. The Bertz CT molecular complexity index is 317. The van der Waals surface area contributed by atoms with Crippen molar-refractivity contribution in [2.24, 2.45) is 0 Å². The number of hydrogen-bond donors (Lipinski definition) is 1. The molecular formula is C13H27NO2SSi. The van der Waals surface area contributed by atoms with Gasteiger partial charge in [-0.25, -0.2) is 0 Å². The van der Waals surface area contributed by atoms with Crippen molar-refractivity contribution in [3.05, 3.63) is 0 Å². The van der Waals surface area contributed by atoms with Gasteiger partial charge in [-0.3, -0.25) is 4.79 Å². The van der Waals surface area contributed by atoms with E-state index in [1.54, 1.807) is 18.7 Å². The van der Waals surface area contributed by atoms with Crippen molar-refractivity contribution in [1.29, 1.82) is 0 Å². The molecule has 3 unspecified atom stereocenters. The Morgan fingerprint density at radius 3 is 2.28 bits per heavy atom. The molecule has 0 aromatic rings. The molecule has 0 radical (unpaired) electrons. The summed E-state index contributed by atoms with van der Waals surface area (Å²) in [5.41, 5.74) is -0.161. The van der Waals surface area contributed by atoms with Gasteiger partial charge in [0.25, 0.3) is 0 Å². The Labute approximate surface area is 117 Å². The van der Waals surface area contributed by atoms with Crippen LogP contribution in [0.25, 0.3) is 0 Å². The van der Waals surface area contributed by atoms with Crippen LogP contribution in [0.15, 0.2) is 0 Å². The number of rotatable bonds is 4. The maximum absolute atomic E-state index is 12.7. The first-order chi connectivity index (χ1) is 8.11. The highest BCUT2D eigenvalue weighted by atomic mass is 32.2. The normalized spacial score (nSPS) is 30.6. The van der Waals surface area contributed by atoms with E-state index in [1.807, 2.05) is 4.90 Å². The number of carbonyl (C=O) groups excluding carboxylic acids is 1. The van der Waals surface area contributed by atoms with Crippen LogP contribution in [0.2, 0.25) is 18.1 Å². The Hall–Kier alpha value is -0.00312. The van der Waals surface area contributed by atoms with E-state index in [9.17, 15) is 9.90 Å². The van der Waals surface area contributed by atoms with E-state index in [1.165, 1.54) is 0 Å². The average Bonchev–Trinajstić information content (AvgIpc) is 2.13. The molecule has 0 aromatic carbocycles. The van der Waals surface area contributed by atoms with E-state index in [4.69, 9.17) is 0 Å². The van der Waals surface area contributed by atoms with E-state index in [0.29, 0.717) is 0 Å². The molecular weight excluding hydrogens is 262 g/mol. The fourth-order valence-corrected chi connectivity index (χ4v) is 7.87. The second-order valence-corrected chi connectivity index (χ2v) is 11.0.